The van der Waals surface area contributed by atoms with Crippen LogP contribution in [0.3, 0.4) is 0 Å². The monoisotopic (exact) mass is 422 g/mol. The quantitative estimate of drug-likeness (QED) is 0.313. The number of benzene rings is 1. The molecule has 0 fully saturated rings. The fourth-order valence-electron chi connectivity index (χ4n) is 3.81. The number of unbranched alkanes of at least 4 members (excludes halogenated alkanes) is 1. The Hall–Kier alpha value is -4.19. The molecule has 158 valence electrons. The van der Waals surface area contributed by atoms with Crippen molar-refractivity contribution in [2.24, 2.45) is 0 Å². The van der Waals surface area contributed by atoms with Crippen molar-refractivity contribution in [2.75, 3.05) is 5.32 Å². The number of anilines is 1. The summed E-state index contributed by atoms with van der Waals surface area (Å²) in [6.07, 6.45) is 12.6. The molecule has 0 aliphatic rings. The number of H-pyrrole nitrogens is 1. The van der Waals surface area contributed by atoms with Gasteiger partial charge in [0.15, 0.2) is 0 Å². The minimum atomic E-state index is -0.126. The van der Waals surface area contributed by atoms with E-state index in [-0.39, 0.29) is 5.91 Å². The molecule has 0 aliphatic carbocycles. The number of rotatable bonds is 6. The summed E-state index contributed by atoms with van der Waals surface area (Å²) in [6, 6.07) is 13.8. The van der Waals surface area contributed by atoms with Gasteiger partial charge in [0, 0.05) is 46.2 Å². The summed E-state index contributed by atoms with van der Waals surface area (Å²) in [5.74, 6) is -0.126. The first kappa shape index (κ1) is 19.8. The zero-order valence-electron chi connectivity index (χ0n) is 17.6. The lowest BCUT2D eigenvalue weighted by atomic mass is 10.0. The molecule has 6 heteroatoms. The molecule has 0 bridgehead atoms. The standard InChI is InChI=1S/C26H22N4O2/c1-2-3-4-8-24(31)30-19-7-5-6-17(13-19)18-14-22-23(16-29-25(22)28-15-18)20-9-11-27-26-21(20)10-12-32-26/h4-16H,2-3H2,1H3,(H,28,29)(H,30,31)/b8-4+. The van der Waals surface area contributed by atoms with Gasteiger partial charge in [-0.3, -0.25) is 4.79 Å². The maximum Gasteiger partial charge on any atom is 0.248 e. The van der Waals surface area contributed by atoms with Crippen LogP contribution in [0.4, 0.5) is 5.69 Å². The number of pyridine rings is 2. The summed E-state index contributed by atoms with van der Waals surface area (Å²) >= 11 is 0. The number of carbonyl (C=O) groups excluding carboxylic acids is 1. The van der Waals surface area contributed by atoms with Gasteiger partial charge in [-0.15, -0.1) is 0 Å². The number of carbonyl (C=O) groups is 1. The van der Waals surface area contributed by atoms with E-state index in [1.165, 1.54) is 0 Å². The molecule has 4 aromatic heterocycles. The Balaban J connectivity index is 1.50. The zero-order valence-corrected chi connectivity index (χ0v) is 17.6. The highest BCUT2D eigenvalue weighted by molar-refractivity contribution is 6.03. The first-order valence-corrected chi connectivity index (χ1v) is 10.6. The van der Waals surface area contributed by atoms with Gasteiger partial charge < -0.3 is 14.7 Å². The van der Waals surface area contributed by atoms with Crippen molar-refractivity contribution in [1.82, 2.24) is 15.0 Å². The van der Waals surface area contributed by atoms with Crippen LogP contribution in [0.2, 0.25) is 0 Å². The van der Waals surface area contributed by atoms with Crippen molar-refractivity contribution in [3.8, 4) is 22.3 Å². The van der Waals surface area contributed by atoms with E-state index in [1.54, 1.807) is 18.5 Å². The van der Waals surface area contributed by atoms with E-state index in [1.807, 2.05) is 54.9 Å². The second-order valence-corrected chi connectivity index (χ2v) is 7.58. The molecule has 0 unspecified atom stereocenters. The number of nitrogens with one attached hydrogen (secondary N) is 2. The van der Waals surface area contributed by atoms with E-state index in [2.05, 4.69) is 33.3 Å². The van der Waals surface area contributed by atoms with Gasteiger partial charge in [0.2, 0.25) is 11.6 Å². The topological polar surface area (TPSA) is 83.8 Å². The molecule has 0 aliphatic heterocycles. The molecule has 32 heavy (non-hydrogen) atoms. The van der Waals surface area contributed by atoms with Gasteiger partial charge in [0.1, 0.15) is 5.65 Å². The van der Waals surface area contributed by atoms with E-state index in [4.69, 9.17) is 4.42 Å². The number of aromatic amines is 1. The number of aromatic nitrogens is 3. The third-order valence-electron chi connectivity index (χ3n) is 5.38. The minimum Gasteiger partial charge on any atom is -0.446 e. The Kier molecular flexibility index (Phi) is 5.25. The molecule has 0 saturated carbocycles. The highest BCUT2D eigenvalue weighted by atomic mass is 16.3. The van der Waals surface area contributed by atoms with Gasteiger partial charge in [-0.1, -0.05) is 31.6 Å². The van der Waals surface area contributed by atoms with Crippen LogP contribution in [-0.4, -0.2) is 20.9 Å². The molecule has 6 nitrogen and oxygen atoms in total. The lowest BCUT2D eigenvalue weighted by Gasteiger charge is -2.07. The molecule has 1 aromatic carbocycles. The fourth-order valence-corrected chi connectivity index (χ4v) is 3.81. The molecule has 1 amide bonds. The Morgan fingerprint density at radius 1 is 1.09 bits per heavy atom. The lowest BCUT2D eigenvalue weighted by molar-refractivity contribution is -0.111. The van der Waals surface area contributed by atoms with Gasteiger partial charge >= 0.3 is 0 Å². The van der Waals surface area contributed by atoms with Crippen molar-refractivity contribution < 1.29 is 9.21 Å². The Labute approximate surface area is 185 Å². The molecule has 4 heterocycles. The predicted octanol–water partition coefficient (Wildman–Crippen LogP) is 6.33. The Bertz CT molecular complexity index is 1440. The second-order valence-electron chi connectivity index (χ2n) is 7.58. The number of allylic oxidation sites excluding steroid dienone is 1. The highest BCUT2D eigenvalue weighted by Crippen LogP contribution is 2.35. The van der Waals surface area contributed by atoms with Crippen molar-refractivity contribution >= 4 is 33.7 Å². The van der Waals surface area contributed by atoms with Crippen LogP contribution >= 0.6 is 0 Å². The van der Waals surface area contributed by atoms with Crippen molar-refractivity contribution in [1.29, 1.82) is 0 Å². The third kappa shape index (κ3) is 3.78. The molecule has 0 radical (unpaired) electrons. The molecule has 0 spiro atoms. The van der Waals surface area contributed by atoms with Crippen molar-refractivity contribution in [3.05, 3.63) is 79.5 Å². The van der Waals surface area contributed by atoms with Gasteiger partial charge in [0.05, 0.1) is 6.26 Å². The third-order valence-corrected chi connectivity index (χ3v) is 5.38. The average molecular weight is 422 g/mol. The Morgan fingerprint density at radius 3 is 2.94 bits per heavy atom. The predicted molar refractivity (Wildman–Crippen MR) is 127 cm³/mol. The summed E-state index contributed by atoms with van der Waals surface area (Å²) in [5, 5.41) is 4.89. The van der Waals surface area contributed by atoms with Crippen LogP contribution in [0.25, 0.3) is 44.4 Å². The molecule has 0 atom stereocenters. The van der Waals surface area contributed by atoms with E-state index in [0.717, 1.165) is 57.2 Å². The van der Waals surface area contributed by atoms with Gasteiger partial charge in [0.25, 0.3) is 0 Å². The normalized spacial score (nSPS) is 11.5. The minimum absolute atomic E-state index is 0.126. The number of furan rings is 1. The summed E-state index contributed by atoms with van der Waals surface area (Å²) in [5.41, 5.74) is 6.18. The van der Waals surface area contributed by atoms with Crippen LogP contribution in [0.1, 0.15) is 19.8 Å². The summed E-state index contributed by atoms with van der Waals surface area (Å²) in [7, 11) is 0. The SMILES string of the molecule is CCC/C=C/C(=O)Nc1cccc(-c2cnc3[nH]cc(-c4ccnc5occc45)c3c2)c1. The van der Waals surface area contributed by atoms with E-state index < -0.39 is 0 Å². The highest BCUT2D eigenvalue weighted by Gasteiger charge is 2.13. The Morgan fingerprint density at radius 2 is 2.03 bits per heavy atom. The summed E-state index contributed by atoms with van der Waals surface area (Å²) in [4.78, 5) is 24.3. The molecule has 2 N–H and O–H groups in total. The smallest absolute Gasteiger partial charge is 0.248 e. The van der Waals surface area contributed by atoms with Gasteiger partial charge in [-0.25, -0.2) is 9.97 Å². The number of fused-ring (bicyclic) bond motifs is 2. The largest absolute Gasteiger partial charge is 0.446 e. The number of amides is 1. The molecule has 0 saturated heterocycles. The lowest BCUT2D eigenvalue weighted by Crippen LogP contribution is -2.07. The number of hydrogen-bond donors (Lipinski definition) is 2. The maximum absolute atomic E-state index is 12.1. The first-order chi connectivity index (χ1) is 15.7. The molecular weight excluding hydrogens is 400 g/mol. The van der Waals surface area contributed by atoms with Crippen LogP contribution in [0, 0.1) is 0 Å². The average Bonchev–Trinajstić information content (AvgIpc) is 3.46. The molecule has 5 rings (SSSR count). The van der Waals surface area contributed by atoms with E-state index in [0.29, 0.717) is 5.71 Å². The fraction of sp³-hybridized carbons (Fsp3) is 0.115. The van der Waals surface area contributed by atoms with Gasteiger partial charge in [-0.2, -0.15) is 0 Å². The van der Waals surface area contributed by atoms with E-state index in [9.17, 15) is 4.79 Å². The number of nitrogens with zero attached hydrogens (tertiary/aromatic N) is 2. The maximum atomic E-state index is 12.1. The van der Waals surface area contributed by atoms with Crippen LogP contribution < -0.4 is 5.32 Å². The van der Waals surface area contributed by atoms with Crippen LogP contribution in [-0.2, 0) is 4.79 Å². The van der Waals surface area contributed by atoms with Crippen LogP contribution in [0.5, 0.6) is 0 Å². The molecular formula is C26H22N4O2. The van der Waals surface area contributed by atoms with Crippen molar-refractivity contribution in [2.45, 2.75) is 19.8 Å². The van der Waals surface area contributed by atoms with Crippen molar-refractivity contribution in [3.63, 3.8) is 0 Å². The summed E-state index contributed by atoms with van der Waals surface area (Å²) < 4.78 is 5.46. The molecule has 5 aromatic rings. The van der Waals surface area contributed by atoms with Gasteiger partial charge in [-0.05, 0) is 54.0 Å². The summed E-state index contributed by atoms with van der Waals surface area (Å²) in [6.45, 7) is 2.08. The van der Waals surface area contributed by atoms with E-state index >= 15 is 0 Å². The number of hydrogen-bond acceptors (Lipinski definition) is 4. The second kappa shape index (κ2) is 8.51. The first-order valence-electron chi connectivity index (χ1n) is 10.6. The zero-order chi connectivity index (χ0) is 21.9. The van der Waals surface area contributed by atoms with Crippen LogP contribution in [0.15, 0.2) is 83.9 Å².